The van der Waals surface area contributed by atoms with Gasteiger partial charge < -0.3 is 8.98 Å². The van der Waals surface area contributed by atoms with Gasteiger partial charge >= 0.3 is 0 Å². The van der Waals surface area contributed by atoms with Crippen LogP contribution < -0.4 is 0 Å². The molecule has 1 rings (SSSR count). The standard InChI is InChI=1S/C5H8O2S/c6-3-5-1-2-8-7-4-5/h3,5H,1-2,4H2. The molecule has 1 aliphatic heterocycles. The molecule has 1 saturated heterocycles. The lowest BCUT2D eigenvalue weighted by molar-refractivity contribution is -0.112. The van der Waals surface area contributed by atoms with Crippen molar-refractivity contribution in [3.8, 4) is 0 Å². The number of hydrogen-bond acceptors (Lipinski definition) is 3. The highest BCUT2D eigenvalue weighted by molar-refractivity contribution is 7.94. The molecule has 2 nitrogen and oxygen atoms in total. The van der Waals surface area contributed by atoms with Gasteiger partial charge in [-0.2, -0.15) is 0 Å². The van der Waals surface area contributed by atoms with Crippen LogP contribution in [-0.4, -0.2) is 18.6 Å². The summed E-state index contributed by atoms with van der Waals surface area (Å²) < 4.78 is 4.96. The average molecular weight is 132 g/mol. The highest BCUT2D eigenvalue weighted by atomic mass is 32.2. The van der Waals surface area contributed by atoms with E-state index in [1.54, 1.807) is 0 Å². The van der Waals surface area contributed by atoms with Crippen molar-refractivity contribution in [1.82, 2.24) is 0 Å². The minimum Gasteiger partial charge on any atom is -0.315 e. The van der Waals surface area contributed by atoms with Crippen LogP contribution in [0.1, 0.15) is 6.42 Å². The maximum Gasteiger partial charge on any atom is 0.125 e. The van der Waals surface area contributed by atoms with Gasteiger partial charge in [0.05, 0.1) is 6.61 Å². The summed E-state index contributed by atoms with van der Waals surface area (Å²) in [5, 5.41) is 0. The lowest BCUT2D eigenvalue weighted by Crippen LogP contribution is -2.14. The zero-order chi connectivity index (χ0) is 5.82. The zero-order valence-electron chi connectivity index (χ0n) is 4.50. The van der Waals surface area contributed by atoms with E-state index in [0.29, 0.717) is 6.61 Å². The molecule has 0 radical (unpaired) electrons. The van der Waals surface area contributed by atoms with Crippen LogP contribution in [0.5, 0.6) is 0 Å². The topological polar surface area (TPSA) is 26.3 Å². The molecule has 1 unspecified atom stereocenters. The van der Waals surface area contributed by atoms with Crippen LogP contribution in [0.3, 0.4) is 0 Å². The number of rotatable bonds is 1. The van der Waals surface area contributed by atoms with Crippen molar-refractivity contribution in [2.24, 2.45) is 5.92 Å². The van der Waals surface area contributed by atoms with Crippen LogP contribution in [0, 0.1) is 5.92 Å². The third kappa shape index (κ3) is 1.49. The largest absolute Gasteiger partial charge is 0.315 e. The molecule has 1 atom stereocenters. The van der Waals surface area contributed by atoms with E-state index in [0.717, 1.165) is 18.5 Å². The van der Waals surface area contributed by atoms with E-state index in [4.69, 9.17) is 4.18 Å². The number of hydrogen-bond donors (Lipinski definition) is 0. The van der Waals surface area contributed by atoms with Gasteiger partial charge in [-0.3, -0.25) is 0 Å². The normalized spacial score (nSPS) is 29.8. The summed E-state index contributed by atoms with van der Waals surface area (Å²) in [5.74, 6) is 1.12. The predicted molar refractivity (Wildman–Crippen MR) is 32.6 cm³/mol. The molecule has 8 heavy (non-hydrogen) atoms. The van der Waals surface area contributed by atoms with E-state index in [2.05, 4.69) is 0 Å². The molecule has 0 spiro atoms. The zero-order valence-corrected chi connectivity index (χ0v) is 5.32. The minimum atomic E-state index is 0.163. The van der Waals surface area contributed by atoms with Crippen LogP contribution in [0.4, 0.5) is 0 Å². The van der Waals surface area contributed by atoms with Gasteiger partial charge in [0.1, 0.15) is 6.29 Å². The maximum atomic E-state index is 10.1. The molecule has 0 aromatic rings. The Kier molecular flexibility index (Phi) is 2.36. The Morgan fingerprint density at radius 2 is 2.62 bits per heavy atom. The molecule has 1 heterocycles. The Morgan fingerprint density at radius 3 is 3.00 bits per heavy atom. The molecule has 0 aliphatic carbocycles. The SMILES string of the molecule is O=CC1CCSOC1. The van der Waals surface area contributed by atoms with Crippen molar-refractivity contribution >= 4 is 18.3 Å². The fraction of sp³-hybridized carbons (Fsp3) is 0.800. The molecule has 46 valence electrons. The van der Waals surface area contributed by atoms with Gasteiger partial charge in [0.2, 0.25) is 0 Å². The van der Waals surface area contributed by atoms with Crippen molar-refractivity contribution in [2.45, 2.75) is 6.42 Å². The van der Waals surface area contributed by atoms with E-state index >= 15 is 0 Å². The molecule has 0 amide bonds. The first-order valence-electron chi connectivity index (χ1n) is 2.63. The monoisotopic (exact) mass is 132 g/mol. The Hall–Kier alpha value is -0.0200. The second-order valence-corrected chi connectivity index (χ2v) is 2.67. The van der Waals surface area contributed by atoms with Crippen LogP contribution in [0.15, 0.2) is 0 Å². The third-order valence-corrected chi connectivity index (χ3v) is 1.83. The molecule has 0 bridgehead atoms. The molecule has 0 N–H and O–H groups in total. The Labute approximate surface area is 52.8 Å². The van der Waals surface area contributed by atoms with Gasteiger partial charge in [-0.05, 0) is 18.5 Å². The summed E-state index contributed by atoms with van der Waals surface area (Å²) in [6.07, 6.45) is 1.95. The van der Waals surface area contributed by atoms with Gasteiger partial charge in [0.15, 0.2) is 0 Å². The number of aldehydes is 1. The number of carbonyl (C=O) groups is 1. The second-order valence-electron chi connectivity index (χ2n) is 1.79. The van der Waals surface area contributed by atoms with Crippen LogP contribution >= 0.6 is 12.0 Å². The van der Waals surface area contributed by atoms with Gasteiger partial charge in [-0.1, -0.05) is 0 Å². The minimum absolute atomic E-state index is 0.163. The molecule has 0 saturated carbocycles. The van der Waals surface area contributed by atoms with E-state index in [9.17, 15) is 4.79 Å². The predicted octanol–water partition coefficient (Wildman–Crippen LogP) is 0.870. The first-order valence-corrected chi connectivity index (χ1v) is 3.54. The quantitative estimate of drug-likeness (QED) is 0.391. The fourth-order valence-electron chi connectivity index (χ4n) is 0.585. The Bertz CT molecular complexity index is 78.5. The van der Waals surface area contributed by atoms with Crippen molar-refractivity contribution in [2.75, 3.05) is 12.4 Å². The summed E-state index contributed by atoms with van der Waals surface area (Å²) in [4.78, 5) is 10.1. The van der Waals surface area contributed by atoms with Crippen LogP contribution in [0.25, 0.3) is 0 Å². The lowest BCUT2D eigenvalue weighted by atomic mass is 10.1. The molecule has 3 heteroatoms. The smallest absolute Gasteiger partial charge is 0.125 e. The van der Waals surface area contributed by atoms with Gasteiger partial charge in [-0.15, -0.1) is 0 Å². The van der Waals surface area contributed by atoms with Crippen LogP contribution in [-0.2, 0) is 8.98 Å². The second kappa shape index (κ2) is 3.10. The van der Waals surface area contributed by atoms with E-state index in [1.807, 2.05) is 0 Å². The highest BCUT2D eigenvalue weighted by Gasteiger charge is 2.12. The Balaban J connectivity index is 2.22. The average Bonchev–Trinajstić information content (AvgIpc) is 1.90. The fourth-order valence-corrected chi connectivity index (χ4v) is 1.37. The van der Waals surface area contributed by atoms with Gasteiger partial charge in [-0.25, -0.2) is 0 Å². The summed E-state index contributed by atoms with van der Waals surface area (Å²) in [5.41, 5.74) is 0. The molecule has 1 aliphatic rings. The van der Waals surface area contributed by atoms with E-state index < -0.39 is 0 Å². The maximum absolute atomic E-state index is 10.1. The molecular formula is C5H8O2S. The first-order chi connectivity index (χ1) is 3.93. The van der Waals surface area contributed by atoms with Gasteiger partial charge in [0.25, 0.3) is 0 Å². The third-order valence-electron chi connectivity index (χ3n) is 1.13. The summed E-state index contributed by atoms with van der Waals surface area (Å²) >= 11 is 1.46. The summed E-state index contributed by atoms with van der Waals surface area (Å²) in [7, 11) is 0. The lowest BCUT2D eigenvalue weighted by Gasteiger charge is -2.14. The highest BCUT2D eigenvalue weighted by Crippen LogP contribution is 2.17. The molecule has 1 fully saturated rings. The van der Waals surface area contributed by atoms with Crippen LogP contribution in [0.2, 0.25) is 0 Å². The Morgan fingerprint density at radius 1 is 1.75 bits per heavy atom. The first kappa shape index (κ1) is 6.11. The summed E-state index contributed by atoms with van der Waals surface area (Å²) in [6, 6.07) is 0. The molecule has 0 aromatic heterocycles. The summed E-state index contributed by atoms with van der Waals surface area (Å²) in [6.45, 7) is 0.605. The van der Waals surface area contributed by atoms with Crippen molar-refractivity contribution in [3.05, 3.63) is 0 Å². The van der Waals surface area contributed by atoms with E-state index in [-0.39, 0.29) is 5.92 Å². The molecular weight excluding hydrogens is 124 g/mol. The van der Waals surface area contributed by atoms with E-state index in [1.165, 1.54) is 12.0 Å². The number of carbonyl (C=O) groups excluding carboxylic acids is 1. The van der Waals surface area contributed by atoms with Gasteiger partial charge in [0, 0.05) is 11.7 Å². The van der Waals surface area contributed by atoms with Crippen molar-refractivity contribution in [1.29, 1.82) is 0 Å². The molecule has 0 aromatic carbocycles. The van der Waals surface area contributed by atoms with Crippen molar-refractivity contribution in [3.63, 3.8) is 0 Å². The van der Waals surface area contributed by atoms with Crippen molar-refractivity contribution < 1.29 is 8.98 Å².